The molecule has 1 aromatic carbocycles. The molecule has 5 heteroatoms. The zero-order valence-electron chi connectivity index (χ0n) is 10.1. The molecule has 1 N–H and O–H groups in total. The smallest absolute Gasteiger partial charge is 0.238 e. The molecule has 0 aliphatic rings. The van der Waals surface area contributed by atoms with Crippen molar-refractivity contribution >= 4 is 0 Å². The highest BCUT2D eigenvalue weighted by Gasteiger charge is 2.18. The van der Waals surface area contributed by atoms with E-state index in [-0.39, 0.29) is 11.6 Å². The molecule has 1 heterocycles. The van der Waals surface area contributed by atoms with Gasteiger partial charge in [-0.25, -0.2) is 9.37 Å². The molecule has 0 spiro atoms. The van der Waals surface area contributed by atoms with Crippen molar-refractivity contribution in [1.82, 2.24) is 9.97 Å². The molecule has 4 nitrogen and oxygen atoms in total. The Morgan fingerprint density at radius 2 is 1.94 bits per heavy atom. The maximum atomic E-state index is 13.3. The van der Waals surface area contributed by atoms with Crippen LogP contribution >= 0.6 is 0 Å². The summed E-state index contributed by atoms with van der Waals surface area (Å²) < 4.78 is 18.3. The topological polar surface area (TPSA) is 55.2 Å². The zero-order chi connectivity index (χ0) is 13.1. The predicted molar refractivity (Wildman–Crippen MR) is 63.8 cm³/mol. The number of aliphatic hydroxyl groups excluding tert-OH is 1. The molecular weight excluding hydrogens is 235 g/mol. The fourth-order valence-electron chi connectivity index (χ4n) is 1.76. The molecule has 2 aromatic rings. The van der Waals surface area contributed by atoms with Crippen LogP contribution in [0.5, 0.6) is 5.88 Å². The molecule has 0 saturated heterocycles. The summed E-state index contributed by atoms with van der Waals surface area (Å²) in [5.74, 6) is -0.168. The van der Waals surface area contributed by atoms with Crippen LogP contribution in [0.4, 0.5) is 4.39 Å². The normalized spacial score (nSPS) is 12.2. The second-order valence-corrected chi connectivity index (χ2v) is 3.92. The third kappa shape index (κ3) is 2.46. The Morgan fingerprint density at radius 1 is 1.22 bits per heavy atom. The molecule has 0 aliphatic heterocycles. The Labute approximate surface area is 104 Å². The number of hydrogen-bond donors (Lipinski definition) is 1. The molecule has 18 heavy (non-hydrogen) atoms. The van der Waals surface area contributed by atoms with Gasteiger partial charge in [-0.05, 0) is 30.2 Å². The summed E-state index contributed by atoms with van der Waals surface area (Å²) in [6, 6.07) is 4.36. The van der Waals surface area contributed by atoms with Gasteiger partial charge in [0.15, 0.2) is 0 Å². The SMILES string of the molecule is COc1nccnc1C(O)c1cc(C)cc(F)c1. The average molecular weight is 248 g/mol. The Balaban J connectivity index is 2.44. The Kier molecular flexibility index (Phi) is 3.53. The molecule has 0 fully saturated rings. The highest BCUT2D eigenvalue weighted by Crippen LogP contribution is 2.27. The van der Waals surface area contributed by atoms with Crippen molar-refractivity contribution in [2.45, 2.75) is 13.0 Å². The van der Waals surface area contributed by atoms with Crippen molar-refractivity contribution < 1.29 is 14.2 Å². The summed E-state index contributed by atoms with van der Waals surface area (Å²) in [6.07, 6.45) is 1.85. The summed E-state index contributed by atoms with van der Waals surface area (Å²) in [5, 5.41) is 10.2. The fraction of sp³-hybridized carbons (Fsp3) is 0.231. The molecule has 0 bridgehead atoms. The van der Waals surface area contributed by atoms with E-state index in [0.717, 1.165) is 5.56 Å². The monoisotopic (exact) mass is 248 g/mol. The summed E-state index contributed by atoms with van der Waals surface area (Å²) >= 11 is 0. The van der Waals surface area contributed by atoms with Crippen LogP contribution in [0.15, 0.2) is 30.6 Å². The van der Waals surface area contributed by atoms with E-state index in [1.54, 1.807) is 13.0 Å². The first-order chi connectivity index (χ1) is 8.61. The molecule has 0 saturated carbocycles. The number of nitrogens with zero attached hydrogens (tertiary/aromatic N) is 2. The van der Waals surface area contributed by atoms with Crippen molar-refractivity contribution in [3.8, 4) is 5.88 Å². The van der Waals surface area contributed by atoms with Crippen molar-refractivity contribution in [1.29, 1.82) is 0 Å². The predicted octanol–water partition coefficient (Wildman–Crippen LogP) is 2.01. The quantitative estimate of drug-likeness (QED) is 0.902. The first kappa shape index (κ1) is 12.4. The second-order valence-electron chi connectivity index (χ2n) is 3.92. The van der Waals surface area contributed by atoms with Gasteiger partial charge in [-0.15, -0.1) is 0 Å². The highest BCUT2D eigenvalue weighted by molar-refractivity contribution is 5.33. The number of methoxy groups -OCH3 is 1. The minimum atomic E-state index is -1.07. The van der Waals surface area contributed by atoms with Gasteiger partial charge in [0.05, 0.1) is 7.11 Å². The lowest BCUT2D eigenvalue weighted by atomic mass is 10.0. The number of ether oxygens (including phenoxy) is 1. The molecule has 94 valence electrons. The van der Waals surface area contributed by atoms with Crippen LogP contribution in [0.3, 0.4) is 0 Å². The van der Waals surface area contributed by atoms with Gasteiger partial charge in [-0.3, -0.25) is 4.98 Å². The molecule has 0 aliphatic carbocycles. The molecule has 0 amide bonds. The molecule has 0 radical (unpaired) electrons. The van der Waals surface area contributed by atoms with Crippen LogP contribution in [0.2, 0.25) is 0 Å². The molecule has 1 unspecified atom stereocenters. The van der Waals surface area contributed by atoms with Crippen LogP contribution in [0.25, 0.3) is 0 Å². The number of aromatic nitrogens is 2. The Hall–Kier alpha value is -2.01. The van der Waals surface area contributed by atoms with Crippen LogP contribution < -0.4 is 4.74 Å². The summed E-state index contributed by atoms with van der Waals surface area (Å²) in [5.41, 5.74) is 1.42. The number of benzene rings is 1. The lowest BCUT2D eigenvalue weighted by Gasteiger charge is -2.13. The number of halogens is 1. The largest absolute Gasteiger partial charge is 0.480 e. The van der Waals surface area contributed by atoms with Crippen molar-refractivity contribution in [3.05, 3.63) is 53.2 Å². The number of hydrogen-bond acceptors (Lipinski definition) is 4. The van der Waals surface area contributed by atoms with Crippen molar-refractivity contribution in [2.75, 3.05) is 7.11 Å². The minimum Gasteiger partial charge on any atom is -0.480 e. The van der Waals surface area contributed by atoms with Crippen molar-refractivity contribution in [3.63, 3.8) is 0 Å². The van der Waals surface area contributed by atoms with Crippen LogP contribution in [-0.2, 0) is 0 Å². The summed E-state index contributed by atoms with van der Waals surface area (Å²) in [6.45, 7) is 1.76. The van der Waals surface area contributed by atoms with Gasteiger partial charge >= 0.3 is 0 Å². The maximum absolute atomic E-state index is 13.3. The van der Waals surface area contributed by atoms with Crippen molar-refractivity contribution in [2.24, 2.45) is 0 Å². The number of rotatable bonds is 3. The fourth-order valence-corrected chi connectivity index (χ4v) is 1.76. The summed E-state index contributed by atoms with van der Waals surface area (Å²) in [7, 11) is 1.44. The highest BCUT2D eigenvalue weighted by atomic mass is 19.1. The third-order valence-electron chi connectivity index (χ3n) is 2.52. The minimum absolute atomic E-state index is 0.229. The maximum Gasteiger partial charge on any atom is 0.238 e. The van der Waals surface area contributed by atoms with Crippen LogP contribution in [-0.4, -0.2) is 22.2 Å². The lowest BCUT2D eigenvalue weighted by Crippen LogP contribution is -2.06. The van der Waals surface area contributed by atoms with Crippen LogP contribution in [0, 0.1) is 12.7 Å². The van der Waals surface area contributed by atoms with Gasteiger partial charge < -0.3 is 9.84 Å². The van der Waals surface area contributed by atoms with E-state index in [1.165, 1.54) is 31.6 Å². The third-order valence-corrected chi connectivity index (χ3v) is 2.52. The molecule has 1 atom stereocenters. The zero-order valence-corrected chi connectivity index (χ0v) is 10.1. The van der Waals surface area contributed by atoms with Gasteiger partial charge in [-0.1, -0.05) is 6.07 Å². The molecule has 2 rings (SSSR count). The standard InChI is InChI=1S/C13H13FN2O2/c1-8-5-9(7-10(14)6-8)12(17)11-13(18-2)16-4-3-15-11/h3-7,12,17H,1-2H3. The summed E-state index contributed by atoms with van der Waals surface area (Å²) in [4.78, 5) is 7.98. The lowest BCUT2D eigenvalue weighted by molar-refractivity contribution is 0.207. The molecule has 1 aromatic heterocycles. The van der Waals surface area contributed by atoms with Crippen LogP contribution in [0.1, 0.15) is 22.9 Å². The van der Waals surface area contributed by atoms with Gasteiger partial charge in [0.1, 0.15) is 17.6 Å². The van der Waals surface area contributed by atoms with E-state index in [1.807, 2.05) is 0 Å². The number of aryl methyl sites for hydroxylation is 1. The first-order valence-electron chi connectivity index (χ1n) is 5.42. The average Bonchev–Trinajstić information content (AvgIpc) is 2.36. The molecular formula is C13H13FN2O2. The van der Waals surface area contributed by atoms with Gasteiger partial charge in [0.25, 0.3) is 0 Å². The van der Waals surface area contributed by atoms with E-state index in [0.29, 0.717) is 5.56 Å². The Morgan fingerprint density at radius 3 is 2.61 bits per heavy atom. The second kappa shape index (κ2) is 5.10. The van der Waals surface area contributed by atoms with Gasteiger partial charge in [0, 0.05) is 12.4 Å². The van der Waals surface area contributed by atoms with E-state index in [4.69, 9.17) is 4.74 Å². The van der Waals surface area contributed by atoms with E-state index in [9.17, 15) is 9.50 Å². The van der Waals surface area contributed by atoms with E-state index >= 15 is 0 Å². The first-order valence-corrected chi connectivity index (χ1v) is 5.42. The van der Waals surface area contributed by atoms with E-state index < -0.39 is 11.9 Å². The van der Waals surface area contributed by atoms with Gasteiger partial charge in [-0.2, -0.15) is 0 Å². The number of aliphatic hydroxyl groups is 1. The van der Waals surface area contributed by atoms with E-state index in [2.05, 4.69) is 9.97 Å². The Bertz CT molecular complexity index is 540. The van der Waals surface area contributed by atoms with Gasteiger partial charge in [0.2, 0.25) is 5.88 Å².